The zero-order valence-electron chi connectivity index (χ0n) is 10.6. The van der Waals surface area contributed by atoms with Gasteiger partial charge in [-0.25, -0.2) is 0 Å². The summed E-state index contributed by atoms with van der Waals surface area (Å²) < 4.78 is 5.86. The molecule has 2 rings (SSSR count). The lowest BCUT2D eigenvalue weighted by Crippen LogP contribution is -2.18. The normalized spacial score (nSPS) is 12.3. The van der Waals surface area contributed by atoms with E-state index in [1.165, 1.54) is 10.4 Å². The third kappa shape index (κ3) is 3.86. The lowest BCUT2D eigenvalue weighted by molar-refractivity contribution is 0.319. The third-order valence-corrected chi connectivity index (χ3v) is 3.64. The van der Waals surface area contributed by atoms with E-state index in [-0.39, 0.29) is 6.04 Å². The monoisotopic (exact) mass is 261 g/mol. The van der Waals surface area contributed by atoms with Gasteiger partial charge in [0.2, 0.25) is 0 Å². The molecule has 0 amide bonds. The number of hydrogen-bond acceptors (Lipinski definition) is 3. The molecule has 0 saturated carbocycles. The fourth-order valence-electron chi connectivity index (χ4n) is 1.88. The van der Waals surface area contributed by atoms with E-state index in [4.69, 9.17) is 10.5 Å². The quantitative estimate of drug-likeness (QED) is 0.866. The van der Waals surface area contributed by atoms with Crippen LogP contribution < -0.4 is 10.5 Å². The summed E-state index contributed by atoms with van der Waals surface area (Å²) in [5.74, 6) is 0.964. The molecule has 1 aromatic heterocycles. The molecule has 0 fully saturated rings. The van der Waals surface area contributed by atoms with Gasteiger partial charge >= 0.3 is 0 Å². The molecule has 18 heavy (non-hydrogen) atoms. The topological polar surface area (TPSA) is 35.2 Å². The van der Waals surface area contributed by atoms with E-state index >= 15 is 0 Å². The zero-order chi connectivity index (χ0) is 12.8. The minimum Gasteiger partial charge on any atom is -0.493 e. The Labute approximate surface area is 112 Å². The number of ether oxygens (including phenoxy) is 1. The molecule has 96 valence electrons. The molecule has 1 unspecified atom stereocenters. The fourth-order valence-corrected chi connectivity index (χ4v) is 2.57. The van der Waals surface area contributed by atoms with Gasteiger partial charge < -0.3 is 10.5 Å². The van der Waals surface area contributed by atoms with Crippen LogP contribution in [0.5, 0.6) is 5.75 Å². The van der Waals surface area contributed by atoms with Crippen LogP contribution in [0.15, 0.2) is 41.8 Å². The van der Waals surface area contributed by atoms with Crippen molar-refractivity contribution in [2.45, 2.75) is 25.8 Å². The Bertz CT molecular complexity index is 465. The fraction of sp³-hybridized carbons (Fsp3) is 0.333. The van der Waals surface area contributed by atoms with E-state index in [0.717, 1.165) is 25.2 Å². The largest absolute Gasteiger partial charge is 0.493 e. The molecule has 1 heterocycles. The van der Waals surface area contributed by atoms with Gasteiger partial charge in [-0.3, -0.25) is 0 Å². The molecule has 1 atom stereocenters. The lowest BCUT2D eigenvalue weighted by atomic mass is 10.1. The highest BCUT2D eigenvalue weighted by molar-refractivity contribution is 7.09. The van der Waals surface area contributed by atoms with Crippen molar-refractivity contribution in [3.05, 3.63) is 52.2 Å². The third-order valence-electron chi connectivity index (χ3n) is 2.70. The summed E-state index contributed by atoms with van der Waals surface area (Å²) in [5.41, 5.74) is 7.04. The number of rotatable bonds is 6. The summed E-state index contributed by atoms with van der Waals surface area (Å²) in [6, 6.07) is 12.5. The Kier molecular flexibility index (Phi) is 4.79. The number of nitrogens with two attached hydrogens (primary N) is 1. The molecular formula is C15H19NOS. The van der Waals surface area contributed by atoms with Gasteiger partial charge in [-0.2, -0.15) is 0 Å². The summed E-state index contributed by atoms with van der Waals surface area (Å²) in [7, 11) is 0. The first-order chi connectivity index (χ1) is 8.75. The lowest BCUT2D eigenvalue weighted by Gasteiger charge is -2.12. The molecule has 0 bridgehead atoms. The van der Waals surface area contributed by atoms with Gasteiger partial charge in [-0.1, -0.05) is 24.3 Å². The van der Waals surface area contributed by atoms with Crippen LogP contribution in [-0.2, 0) is 12.8 Å². The van der Waals surface area contributed by atoms with Crippen molar-refractivity contribution < 1.29 is 4.74 Å². The van der Waals surface area contributed by atoms with Crippen molar-refractivity contribution in [2.24, 2.45) is 5.73 Å². The van der Waals surface area contributed by atoms with Crippen molar-refractivity contribution in [3.63, 3.8) is 0 Å². The molecule has 2 nitrogen and oxygen atoms in total. The summed E-state index contributed by atoms with van der Waals surface area (Å²) in [6.45, 7) is 2.74. The van der Waals surface area contributed by atoms with Crippen LogP contribution in [-0.4, -0.2) is 12.6 Å². The first-order valence-corrected chi connectivity index (χ1v) is 7.12. The average Bonchev–Trinajstić information content (AvgIpc) is 2.84. The number of benzene rings is 1. The second-order valence-corrected chi connectivity index (χ2v) is 5.50. The minimum absolute atomic E-state index is 0.159. The highest BCUT2D eigenvalue weighted by Gasteiger charge is 2.05. The minimum atomic E-state index is 0.159. The maximum atomic E-state index is 5.86. The predicted molar refractivity (Wildman–Crippen MR) is 77.3 cm³/mol. The van der Waals surface area contributed by atoms with Crippen molar-refractivity contribution in [3.8, 4) is 5.75 Å². The molecule has 2 N–H and O–H groups in total. The Balaban J connectivity index is 1.92. The molecule has 0 saturated heterocycles. The summed E-state index contributed by atoms with van der Waals surface area (Å²) >= 11 is 1.77. The van der Waals surface area contributed by atoms with Crippen molar-refractivity contribution in [2.75, 3.05) is 6.61 Å². The molecule has 3 heteroatoms. The van der Waals surface area contributed by atoms with Gasteiger partial charge in [-0.15, -0.1) is 11.3 Å². The van der Waals surface area contributed by atoms with Gasteiger partial charge in [0, 0.05) is 17.3 Å². The van der Waals surface area contributed by atoms with Crippen LogP contribution in [0.1, 0.15) is 17.4 Å². The molecule has 2 aromatic rings. The van der Waals surface area contributed by atoms with E-state index < -0.39 is 0 Å². The second-order valence-electron chi connectivity index (χ2n) is 4.47. The van der Waals surface area contributed by atoms with Crippen molar-refractivity contribution >= 4 is 11.3 Å². The van der Waals surface area contributed by atoms with E-state index in [9.17, 15) is 0 Å². The van der Waals surface area contributed by atoms with E-state index in [0.29, 0.717) is 0 Å². The smallest absolute Gasteiger partial charge is 0.122 e. The van der Waals surface area contributed by atoms with Crippen molar-refractivity contribution in [1.82, 2.24) is 0 Å². The summed E-state index contributed by atoms with van der Waals surface area (Å²) in [5, 5.41) is 2.10. The van der Waals surface area contributed by atoms with Crippen LogP contribution in [0.4, 0.5) is 0 Å². The zero-order valence-corrected chi connectivity index (χ0v) is 11.5. The highest BCUT2D eigenvalue weighted by atomic mass is 32.1. The SMILES string of the molecule is CC(N)Cc1ccccc1OCCc1cccs1. The first-order valence-electron chi connectivity index (χ1n) is 6.24. The molecule has 0 aliphatic heterocycles. The standard InChI is InChI=1S/C15H19NOS/c1-12(16)11-13-5-2-3-7-15(13)17-9-8-14-6-4-10-18-14/h2-7,10,12H,8-9,11,16H2,1H3. The summed E-state index contributed by atoms with van der Waals surface area (Å²) in [4.78, 5) is 1.36. The summed E-state index contributed by atoms with van der Waals surface area (Å²) in [6.07, 6.45) is 1.82. The molecule has 0 aliphatic carbocycles. The Hall–Kier alpha value is -1.32. The maximum Gasteiger partial charge on any atom is 0.122 e. The van der Waals surface area contributed by atoms with E-state index in [1.54, 1.807) is 11.3 Å². The van der Waals surface area contributed by atoms with Gasteiger partial charge in [0.05, 0.1) is 6.61 Å². The van der Waals surface area contributed by atoms with Crippen LogP contribution in [0.25, 0.3) is 0 Å². The van der Waals surface area contributed by atoms with Crippen LogP contribution >= 0.6 is 11.3 Å². The molecule has 1 aromatic carbocycles. The Morgan fingerprint density at radius 1 is 1.22 bits per heavy atom. The second kappa shape index (κ2) is 6.57. The molecular weight excluding hydrogens is 242 g/mol. The average molecular weight is 261 g/mol. The highest BCUT2D eigenvalue weighted by Crippen LogP contribution is 2.20. The number of para-hydroxylation sites is 1. The van der Waals surface area contributed by atoms with Crippen LogP contribution in [0.3, 0.4) is 0 Å². The molecule has 0 aliphatic rings. The molecule has 0 radical (unpaired) electrons. The van der Waals surface area contributed by atoms with Crippen molar-refractivity contribution in [1.29, 1.82) is 0 Å². The first kappa shape index (κ1) is 13.1. The van der Waals surface area contributed by atoms with Crippen LogP contribution in [0, 0.1) is 0 Å². The van der Waals surface area contributed by atoms with E-state index in [2.05, 4.69) is 23.6 Å². The van der Waals surface area contributed by atoms with Gasteiger partial charge in [0.1, 0.15) is 5.75 Å². The maximum absolute atomic E-state index is 5.86. The molecule has 0 spiro atoms. The van der Waals surface area contributed by atoms with Gasteiger partial charge in [-0.05, 0) is 36.4 Å². The Morgan fingerprint density at radius 3 is 2.78 bits per heavy atom. The van der Waals surface area contributed by atoms with Gasteiger partial charge in [0.25, 0.3) is 0 Å². The van der Waals surface area contributed by atoms with Crippen LogP contribution in [0.2, 0.25) is 0 Å². The number of hydrogen-bond donors (Lipinski definition) is 1. The van der Waals surface area contributed by atoms with E-state index in [1.807, 2.05) is 25.1 Å². The van der Waals surface area contributed by atoms with Gasteiger partial charge in [0.15, 0.2) is 0 Å². The Morgan fingerprint density at radius 2 is 2.06 bits per heavy atom. The number of thiophene rings is 1. The predicted octanol–water partition coefficient (Wildman–Crippen LogP) is 3.26.